The van der Waals surface area contributed by atoms with Gasteiger partial charge < -0.3 is 25.5 Å². The number of nitrogens with one attached hydrogen (secondary N) is 1. The van der Waals surface area contributed by atoms with Crippen LogP contribution in [0.4, 0.5) is 10.3 Å². The average molecular weight is 432 g/mol. The maximum Gasteiger partial charge on any atom is 0.323 e. The fourth-order valence-electron chi connectivity index (χ4n) is 2.78. The number of H-pyrrole nitrogens is 1. The summed E-state index contributed by atoms with van der Waals surface area (Å²) in [5.41, 5.74) is 7.98. The fraction of sp³-hybridized carbons (Fsp3) is 0.150. The largest absolute Gasteiger partial charge is 0.496 e. The van der Waals surface area contributed by atoms with Crippen LogP contribution in [0.5, 0.6) is 5.75 Å². The molecule has 0 spiro atoms. The van der Waals surface area contributed by atoms with E-state index in [0.29, 0.717) is 27.6 Å². The van der Waals surface area contributed by atoms with Gasteiger partial charge in [-0.1, -0.05) is 17.7 Å². The predicted molar refractivity (Wildman–Crippen MR) is 111 cm³/mol. The zero-order valence-corrected chi connectivity index (χ0v) is 16.7. The minimum absolute atomic E-state index is 0.0655. The van der Waals surface area contributed by atoms with E-state index in [2.05, 4.69) is 15.0 Å². The fourth-order valence-corrected chi connectivity index (χ4v) is 3.00. The van der Waals surface area contributed by atoms with Crippen LogP contribution in [0, 0.1) is 5.82 Å². The molecule has 2 aromatic carbocycles. The van der Waals surface area contributed by atoms with Gasteiger partial charge in [-0.3, -0.25) is 4.79 Å². The molecule has 156 valence electrons. The van der Waals surface area contributed by atoms with E-state index >= 15 is 0 Å². The lowest BCUT2D eigenvalue weighted by atomic mass is 10.2. The zero-order chi connectivity index (χ0) is 21.7. The second-order valence-electron chi connectivity index (χ2n) is 6.27. The molecule has 0 aliphatic rings. The minimum atomic E-state index is -1.09. The smallest absolute Gasteiger partial charge is 0.323 e. The third-order valence-corrected chi connectivity index (χ3v) is 4.59. The van der Waals surface area contributed by atoms with Crippen molar-refractivity contribution in [3.05, 3.63) is 65.1 Å². The van der Waals surface area contributed by atoms with Crippen LogP contribution in [0.25, 0.3) is 11.3 Å². The van der Waals surface area contributed by atoms with Gasteiger partial charge in [-0.25, -0.2) is 9.37 Å². The number of hydrogen-bond donors (Lipinski definition) is 3. The molecule has 30 heavy (non-hydrogen) atoms. The maximum absolute atomic E-state index is 13.1. The summed E-state index contributed by atoms with van der Waals surface area (Å²) in [5, 5.41) is 9.69. The van der Waals surface area contributed by atoms with Crippen molar-refractivity contribution in [1.29, 1.82) is 0 Å². The number of hydrogen-bond acceptors (Lipinski definition) is 4. The van der Waals surface area contributed by atoms with Crippen LogP contribution < -0.4 is 10.5 Å². The van der Waals surface area contributed by atoms with Gasteiger partial charge in [-0.2, -0.15) is 4.99 Å². The number of carboxylic acid groups (broad SMARTS) is 1. The van der Waals surface area contributed by atoms with Crippen molar-refractivity contribution < 1.29 is 19.0 Å². The normalized spacial score (nSPS) is 11.4. The summed E-state index contributed by atoms with van der Waals surface area (Å²) in [6, 6.07) is 11.0. The van der Waals surface area contributed by atoms with Gasteiger partial charge in [0.1, 0.15) is 18.1 Å². The molecule has 0 aliphatic heterocycles. The van der Waals surface area contributed by atoms with Gasteiger partial charge in [-0.05, 0) is 42.0 Å². The lowest BCUT2D eigenvalue weighted by Gasteiger charge is -2.23. The van der Waals surface area contributed by atoms with Gasteiger partial charge in [-0.15, -0.1) is 0 Å². The van der Waals surface area contributed by atoms with Gasteiger partial charge in [0.05, 0.1) is 25.5 Å². The number of benzene rings is 2. The topological polar surface area (TPSA) is 117 Å². The molecule has 0 saturated heterocycles. The van der Waals surface area contributed by atoms with E-state index in [9.17, 15) is 14.3 Å². The molecule has 0 unspecified atom stereocenters. The molecule has 4 N–H and O–H groups in total. The Balaban J connectivity index is 1.87. The number of methoxy groups -OCH3 is 1. The number of ether oxygens (including phenoxy) is 1. The highest BCUT2D eigenvalue weighted by Gasteiger charge is 2.18. The molecule has 0 bridgehead atoms. The van der Waals surface area contributed by atoms with Crippen LogP contribution in [0.15, 0.2) is 53.7 Å². The quantitative estimate of drug-likeness (QED) is 0.390. The van der Waals surface area contributed by atoms with Gasteiger partial charge in [0, 0.05) is 10.6 Å². The lowest BCUT2D eigenvalue weighted by molar-refractivity contribution is -0.137. The van der Waals surface area contributed by atoms with E-state index < -0.39 is 12.5 Å². The number of halogens is 2. The number of aliphatic carboxylic acids is 1. The zero-order valence-electron chi connectivity index (χ0n) is 16.0. The first-order chi connectivity index (χ1) is 14.4. The van der Waals surface area contributed by atoms with Crippen LogP contribution in [-0.2, 0) is 11.3 Å². The third-order valence-electron chi connectivity index (χ3n) is 4.23. The summed E-state index contributed by atoms with van der Waals surface area (Å²) in [7, 11) is 1.49. The van der Waals surface area contributed by atoms with Crippen molar-refractivity contribution in [3.8, 4) is 17.0 Å². The second kappa shape index (κ2) is 9.27. The molecule has 10 heteroatoms. The highest BCUT2D eigenvalue weighted by Crippen LogP contribution is 2.28. The number of carbonyl (C=O) groups is 1. The SMILES string of the molecule is COc1cccc(Cl)c1CN(CC(=O)O)C(N)=Nc1ncc(-c2ccc(F)cc2)[nH]1. The van der Waals surface area contributed by atoms with Crippen molar-refractivity contribution in [3.63, 3.8) is 0 Å². The summed E-state index contributed by atoms with van der Waals surface area (Å²) >= 11 is 6.26. The summed E-state index contributed by atoms with van der Waals surface area (Å²) in [6.07, 6.45) is 1.53. The highest BCUT2D eigenvalue weighted by atomic mass is 35.5. The monoisotopic (exact) mass is 431 g/mol. The third kappa shape index (κ3) is 5.06. The molecule has 0 amide bonds. The summed E-state index contributed by atoms with van der Waals surface area (Å²) < 4.78 is 18.4. The number of guanidine groups is 1. The standard InChI is InChI=1S/C20H19ClFN5O3/c1-30-17-4-2-3-15(21)14(17)10-27(11-18(28)29)19(23)26-20-24-9-16(25-20)12-5-7-13(22)8-6-12/h2-9H,10-11H2,1H3,(H,28,29)(H3,23,24,25,26). The first-order valence-corrected chi connectivity index (χ1v) is 9.18. The number of aromatic nitrogens is 2. The molecule has 1 heterocycles. The van der Waals surface area contributed by atoms with Gasteiger partial charge in [0.15, 0.2) is 5.96 Å². The van der Waals surface area contributed by atoms with Gasteiger partial charge >= 0.3 is 5.97 Å². The molecule has 3 aromatic rings. The number of aliphatic imine (C=N–C) groups is 1. The Morgan fingerprint density at radius 3 is 2.73 bits per heavy atom. The van der Waals surface area contributed by atoms with Crippen LogP contribution in [0.2, 0.25) is 5.02 Å². The molecular weight excluding hydrogens is 413 g/mol. The van der Waals surface area contributed by atoms with Crippen molar-refractivity contribution in [2.24, 2.45) is 10.7 Å². The maximum atomic E-state index is 13.1. The molecule has 1 aromatic heterocycles. The Bertz CT molecular complexity index is 1070. The lowest BCUT2D eigenvalue weighted by Crippen LogP contribution is -2.40. The predicted octanol–water partition coefficient (Wildman–Crippen LogP) is 3.41. The molecule has 0 fully saturated rings. The average Bonchev–Trinajstić information content (AvgIpc) is 3.17. The van der Waals surface area contributed by atoms with E-state index in [-0.39, 0.29) is 24.3 Å². The van der Waals surface area contributed by atoms with Crippen LogP contribution in [-0.4, -0.2) is 45.6 Å². The number of nitrogens with zero attached hydrogens (tertiary/aromatic N) is 3. The molecule has 0 radical (unpaired) electrons. The van der Waals surface area contributed by atoms with Gasteiger partial charge in [0.25, 0.3) is 0 Å². The van der Waals surface area contributed by atoms with E-state index in [1.165, 1.54) is 30.3 Å². The molecular formula is C20H19ClFN5O3. The van der Waals surface area contributed by atoms with Crippen molar-refractivity contribution >= 4 is 29.5 Å². The molecule has 0 atom stereocenters. The minimum Gasteiger partial charge on any atom is -0.496 e. The van der Waals surface area contributed by atoms with Crippen molar-refractivity contribution in [1.82, 2.24) is 14.9 Å². The molecule has 0 saturated carbocycles. The summed E-state index contributed by atoms with van der Waals surface area (Å²) in [5.74, 6) is -0.833. The van der Waals surface area contributed by atoms with E-state index in [1.54, 1.807) is 30.3 Å². The van der Waals surface area contributed by atoms with Crippen LogP contribution >= 0.6 is 11.6 Å². The van der Waals surface area contributed by atoms with Gasteiger partial charge in [0.2, 0.25) is 5.95 Å². The van der Waals surface area contributed by atoms with E-state index in [0.717, 1.165) is 0 Å². The van der Waals surface area contributed by atoms with E-state index in [4.69, 9.17) is 22.1 Å². The number of imidazole rings is 1. The Hall–Kier alpha value is -3.59. The molecule has 8 nitrogen and oxygen atoms in total. The Morgan fingerprint density at radius 1 is 1.33 bits per heavy atom. The summed E-state index contributed by atoms with van der Waals surface area (Å²) in [6.45, 7) is -0.342. The molecule has 0 aliphatic carbocycles. The second-order valence-corrected chi connectivity index (χ2v) is 6.68. The highest BCUT2D eigenvalue weighted by molar-refractivity contribution is 6.31. The van der Waals surface area contributed by atoms with Crippen LogP contribution in [0.3, 0.4) is 0 Å². The molecule has 3 rings (SSSR count). The Morgan fingerprint density at radius 2 is 2.07 bits per heavy atom. The first-order valence-electron chi connectivity index (χ1n) is 8.80. The number of carboxylic acids is 1. The number of nitrogens with two attached hydrogens (primary N) is 1. The van der Waals surface area contributed by atoms with Crippen molar-refractivity contribution in [2.75, 3.05) is 13.7 Å². The number of aromatic amines is 1. The Labute approximate surface area is 176 Å². The van der Waals surface area contributed by atoms with Crippen molar-refractivity contribution in [2.45, 2.75) is 6.54 Å². The Kier molecular flexibility index (Phi) is 6.53. The van der Waals surface area contributed by atoms with Crippen LogP contribution in [0.1, 0.15) is 5.56 Å². The van der Waals surface area contributed by atoms with E-state index in [1.807, 2.05) is 0 Å². The number of rotatable bonds is 7. The summed E-state index contributed by atoms with van der Waals surface area (Å²) in [4.78, 5) is 24.0. The first kappa shape index (κ1) is 21.1.